The average molecular weight is 252 g/mol. The van der Waals surface area contributed by atoms with Crippen molar-refractivity contribution in [3.8, 4) is 0 Å². The van der Waals surface area contributed by atoms with Gasteiger partial charge in [-0.3, -0.25) is 9.48 Å². The van der Waals surface area contributed by atoms with E-state index in [1.54, 1.807) is 36.3 Å². The second-order valence-electron chi connectivity index (χ2n) is 3.36. The second-order valence-corrected chi connectivity index (χ2v) is 3.75. The van der Waals surface area contributed by atoms with Crippen molar-refractivity contribution >= 4 is 17.5 Å². The Kier molecular flexibility index (Phi) is 3.34. The van der Waals surface area contributed by atoms with Crippen LogP contribution in [-0.4, -0.2) is 25.7 Å². The first-order valence-corrected chi connectivity index (χ1v) is 5.28. The van der Waals surface area contributed by atoms with Crippen LogP contribution in [0.25, 0.3) is 0 Å². The van der Waals surface area contributed by atoms with Gasteiger partial charge in [0.25, 0.3) is 5.91 Å². The summed E-state index contributed by atoms with van der Waals surface area (Å²) in [7, 11) is 1.76. The third-order valence-corrected chi connectivity index (χ3v) is 2.21. The molecule has 0 saturated carbocycles. The van der Waals surface area contributed by atoms with Crippen LogP contribution < -0.4 is 5.32 Å². The summed E-state index contributed by atoms with van der Waals surface area (Å²) in [6.07, 6.45) is 1.57. The first kappa shape index (κ1) is 11.5. The fourth-order valence-corrected chi connectivity index (χ4v) is 1.41. The number of hydrogen-bond acceptors (Lipinski definition) is 4. The molecule has 2 aromatic heterocycles. The molecule has 0 radical (unpaired) electrons. The number of amides is 1. The molecule has 2 aromatic rings. The lowest BCUT2D eigenvalue weighted by molar-refractivity contribution is 0.0945. The monoisotopic (exact) mass is 251 g/mol. The van der Waals surface area contributed by atoms with E-state index >= 15 is 0 Å². The lowest BCUT2D eigenvalue weighted by Gasteiger charge is -2.01. The summed E-state index contributed by atoms with van der Waals surface area (Å²) in [6.45, 7) is 0.258. The molecular formula is C10H10ClN5O. The minimum absolute atomic E-state index is 0.258. The molecule has 2 heterocycles. The van der Waals surface area contributed by atoms with E-state index in [2.05, 4.69) is 20.4 Å². The molecule has 0 aromatic carbocycles. The number of aromatic nitrogens is 4. The standard InChI is InChI=1S/C10H10ClN5O/c1-16-6-13-9(15-16)5-12-10(17)7-3-2-4-8(11)14-7/h2-4,6H,5H2,1H3,(H,12,17). The van der Waals surface area contributed by atoms with Gasteiger partial charge in [-0.2, -0.15) is 5.10 Å². The summed E-state index contributed by atoms with van der Waals surface area (Å²) < 4.78 is 1.57. The van der Waals surface area contributed by atoms with Crippen LogP contribution in [0.3, 0.4) is 0 Å². The maximum atomic E-state index is 11.7. The van der Waals surface area contributed by atoms with Crippen LogP contribution in [0.4, 0.5) is 0 Å². The molecule has 0 fully saturated rings. The molecule has 0 atom stereocenters. The summed E-state index contributed by atoms with van der Waals surface area (Å²) in [6, 6.07) is 4.87. The largest absolute Gasteiger partial charge is 0.343 e. The van der Waals surface area contributed by atoms with Crippen molar-refractivity contribution in [1.82, 2.24) is 25.1 Å². The van der Waals surface area contributed by atoms with E-state index in [0.717, 1.165) is 0 Å². The van der Waals surface area contributed by atoms with E-state index in [1.165, 1.54) is 0 Å². The third-order valence-electron chi connectivity index (χ3n) is 2.00. The van der Waals surface area contributed by atoms with Gasteiger partial charge in [0.05, 0.1) is 6.54 Å². The minimum Gasteiger partial charge on any atom is -0.343 e. The second kappa shape index (κ2) is 4.92. The zero-order valence-corrected chi connectivity index (χ0v) is 9.85. The van der Waals surface area contributed by atoms with Crippen molar-refractivity contribution in [3.63, 3.8) is 0 Å². The Morgan fingerprint density at radius 3 is 3.00 bits per heavy atom. The molecule has 6 nitrogen and oxygen atoms in total. The molecule has 0 aliphatic carbocycles. The highest BCUT2D eigenvalue weighted by Crippen LogP contribution is 2.04. The Labute approximate surface area is 103 Å². The zero-order valence-electron chi connectivity index (χ0n) is 9.09. The van der Waals surface area contributed by atoms with Crippen LogP contribution in [0.2, 0.25) is 5.15 Å². The lowest BCUT2D eigenvalue weighted by atomic mass is 10.3. The molecule has 7 heteroatoms. The van der Waals surface area contributed by atoms with Crippen molar-refractivity contribution in [1.29, 1.82) is 0 Å². The van der Waals surface area contributed by atoms with Crippen LogP contribution in [-0.2, 0) is 13.6 Å². The Bertz CT molecular complexity index is 539. The fourth-order valence-electron chi connectivity index (χ4n) is 1.25. The number of nitrogens with one attached hydrogen (secondary N) is 1. The molecule has 0 aliphatic rings. The van der Waals surface area contributed by atoms with E-state index in [1.807, 2.05) is 0 Å². The Balaban J connectivity index is 1.98. The SMILES string of the molecule is Cn1cnc(CNC(=O)c2cccc(Cl)n2)n1. The molecule has 2 rings (SSSR count). The minimum atomic E-state index is -0.306. The predicted octanol–water partition coefficient (Wildman–Crippen LogP) is 0.793. The summed E-state index contributed by atoms with van der Waals surface area (Å²) in [5.74, 6) is 0.239. The van der Waals surface area contributed by atoms with Gasteiger partial charge < -0.3 is 5.32 Å². The summed E-state index contributed by atoms with van der Waals surface area (Å²) in [5, 5.41) is 6.98. The smallest absolute Gasteiger partial charge is 0.270 e. The molecule has 0 bridgehead atoms. The molecular weight excluding hydrogens is 242 g/mol. The van der Waals surface area contributed by atoms with E-state index in [-0.39, 0.29) is 23.3 Å². The number of pyridine rings is 1. The zero-order chi connectivity index (χ0) is 12.3. The van der Waals surface area contributed by atoms with E-state index in [4.69, 9.17) is 11.6 Å². The van der Waals surface area contributed by atoms with Crippen molar-refractivity contribution in [3.05, 3.63) is 41.2 Å². The number of nitrogens with zero attached hydrogens (tertiary/aromatic N) is 4. The lowest BCUT2D eigenvalue weighted by Crippen LogP contribution is -2.24. The van der Waals surface area contributed by atoms with Gasteiger partial charge in [-0.05, 0) is 12.1 Å². The quantitative estimate of drug-likeness (QED) is 0.819. The van der Waals surface area contributed by atoms with Gasteiger partial charge in [0.1, 0.15) is 17.2 Å². The summed E-state index contributed by atoms with van der Waals surface area (Å²) >= 11 is 5.69. The van der Waals surface area contributed by atoms with Gasteiger partial charge in [-0.1, -0.05) is 17.7 Å². The van der Waals surface area contributed by atoms with Crippen LogP contribution >= 0.6 is 11.6 Å². The molecule has 0 saturated heterocycles. The molecule has 0 aliphatic heterocycles. The molecule has 88 valence electrons. The topological polar surface area (TPSA) is 72.7 Å². The molecule has 1 amide bonds. The number of halogens is 1. The van der Waals surface area contributed by atoms with E-state index in [0.29, 0.717) is 5.82 Å². The van der Waals surface area contributed by atoms with Gasteiger partial charge in [0.2, 0.25) is 0 Å². The van der Waals surface area contributed by atoms with Crippen molar-refractivity contribution in [2.75, 3.05) is 0 Å². The fraction of sp³-hybridized carbons (Fsp3) is 0.200. The van der Waals surface area contributed by atoms with Gasteiger partial charge >= 0.3 is 0 Å². The Morgan fingerprint density at radius 1 is 1.53 bits per heavy atom. The number of aryl methyl sites for hydroxylation is 1. The van der Waals surface area contributed by atoms with Crippen LogP contribution in [0, 0.1) is 0 Å². The highest BCUT2D eigenvalue weighted by Gasteiger charge is 2.08. The number of hydrogen-bond donors (Lipinski definition) is 1. The van der Waals surface area contributed by atoms with Gasteiger partial charge in [-0.15, -0.1) is 0 Å². The Hall–Kier alpha value is -1.95. The van der Waals surface area contributed by atoms with E-state index in [9.17, 15) is 4.79 Å². The molecule has 0 spiro atoms. The number of carbonyl (C=O) groups is 1. The third kappa shape index (κ3) is 3.01. The first-order valence-electron chi connectivity index (χ1n) is 4.90. The highest BCUT2D eigenvalue weighted by molar-refractivity contribution is 6.29. The predicted molar refractivity (Wildman–Crippen MR) is 61.4 cm³/mol. The molecule has 17 heavy (non-hydrogen) atoms. The van der Waals surface area contributed by atoms with Crippen LogP contribution in [0.5, 0.6) is 0 Å². The summed E-state index contributed by atoms with van der Waals surface area (Å²) in [4.78, 5) is 19.6. The molecule has 1 N–H and O–H groups in total. The number of rotatable bonds is 3. The maximum Gasteiger partial charge on any atom is 0.270 e. The van der Waals surface area contributed by atoms with Crippen molar-refractivity contribution in [2.24, 2.45) is 7.05 Å². The Morgan fingerprint density at radius 2 is 2.35 bits per heavy atom. The van der Waals surface area contributed by atoms with Gasteiger partial charge in [0.15, 0.2) is 5.82 Å². The van der Waals surface area contributed by atoms with Crippen LogP contribution in [0.15, 0.2) is 24.5 Å². The van der Waals surface area contributed by atoms with Gasteiger partial charge in [-0.25, -0.2) is 9.97 Å². The van der Waals surface area contributed by atoms with E-state index < -0.39 is 0 Å². The number of carbonyl (C=O) groups excluding carboxylic acids is 1. The molecule has 0 unspecified atom stereocenters. The maximum absolute atomic E-state index is 11.7. The average Bonchev–Trinajstić information content (AvgIpc) is 2.72. The van der Waals surface area contributed by atoms with Crippen molar-refractivity contribution in [2.45, 2.75) is 6.54 Å². The first-order chi connectivity index (χ1) is 8.15. The summed E-state index contributed by atoms with van der Waals surface area (Å²) in [5.41, 5.74) is 0.272. The van der Waals surface area contributed by atoms with Crippen LogP contribution in [0.1, 0.15) is 16.3 Å². The normalized spacial score (nSPS) is 10.2. The van der Waals surface area contributed by atoms with Crippen molar-refractivity contribution < 1.29 is 4.79 Å². The van der Waals surface area contributed by atoms with Gasteiger partial charge in [0, 0.05) is 7.05 Å². The highest BCUT2D eigenvalue weighted by atomic mass is 35.5.